The number of ether oxygens (including phenoxy) is 2. The fraction of sp³-hybridized carbons (Fsp3) is 0.259. The van der Waals surface area contributed by atoms with Gasteiger partial charge in [-0.05, 0) is 55.4 Å². The van der Waals surface area contributed by atoms with E-state index >= 15 is 0 Å². The molecule has 0 saturated heterocycles. The van der Waals surface area contributed by atoms with Crippen molar-refractivity contribution in [1.29, 1.82) is 0 Å². The summed E-state index contributed by atoms with van der Waals surface area (Å²) in [5.41, 5.74) is 3.56. The molecule has 2 heterocycles. The first-order chi connectivity index (χ1) is 17.5. The maximum atomic E-state index is 13.0. The highest BCUT2D eigenvalue weighted by atomic mass is 32.1. The molecule has 4 aromatic rings. The van der Waals surface area contributed by atoms with Crippen molar-refractivity contribution in [3.63, 3.8) is 0 Å². The van der Waals surface area contributed by atoms with Crippen molar-refractivity contribution in [1.82, 2.24) is 4.98 Å². The van der Waals surface area contributed by atoms with E-state index < -0.39 is 23.9 Å². The Labute approximate surface area is 211 Å². The second-order valence-electron chi connectivity index (χ2n) is 8.59. The number of fused-ring (bicyclic) bond motifs is 2. The van der Waals surface area contributed by atoms with Crippen LogP contribution in [0.2, 0.25) is 0 Å². The van der Waals surface area contributed by atoms with Crippen LogP contribution in [0.25, 0.3) is 11.1 Å². The third-order valence-electron chi connectivity index (χ3n) is 6.40. The van der Waals surface area contributed by atoms with Gasteiger partial charge in [0.25, 0.3) is 5.91 Å². The van der Waals surface area contributed by atoms with Gasteiger partial charge in [-0.1, -0.05) is 36.4 Å². The Morgan fingerprint density at radius 3 is 2.69 bits per heavy atom. The molecule has 0 saturated carbocycles. The quantitative estimate of drug-likeness (QED) is 0.363. The lowest BCUT2D eigenvalue weighted by atomic mass is 9.83. The van der Waals surface area contributed by atoms with Gasteiger partial charge in [-0.15, -0.1) is 11.3 Å². The number of nitrogens with zero attached hydrogens (tertiary/aromatic N) is 1. The number of thiophene rings is 1. The number of methoxy groups -OCH3 is 1. The Morgan fingerprint density at radius 2 is 1.92 bits per heavy atom. The Kier molecular flexibility index (Phi) is 6.56. The number of anilines is 1. The van der Waals surface area contributed by atoms with Crippen LogP contribution in [-0.2, 0) is 27.1 Å². The Morgan fingerprint density at radius 1 is 1.11 bits per heavy atom. The van der Waals surface area contributed by atoms with Gasteiger partial charge in [0.05, 0.1) is 18.2 Å². The van der Waals surface area contributed by atoms with Crippen molar-refractivity contribution >= 4 is 45.3 Å². The standard InChI is InChI=1S/C27H24N2O6S/c1-15(35-26(31)19-9-6-10-20-23(19)28-14-34-20)24(30)29-25-22(27(32)33-2)18-12-11-17(13-21(18)36-25)16-7-4-3-5-8-16/h3-10,14-15,17H,11-13H2,1-2H3,(H,29,30). The molecule has 0 bridgehead atoms. The molecule has 0 fully saturated rings. The lowest BCUT2D eigenvalue weighted by molar-refractivity contribution is -0.123. The summed E-state index contributed by atoms with van der Waals surface area (Å²) in [5.74, 6) is -1.39. The number of benzene rings is 2. The lowest BCUT2D eigenvalue weighted by Crippen LogP contribution is -2.30. The molecule has 9 heteroatoms. The molecule has 36 heavy (non-hydrogen) atoms. The summed E-state index contributed by atoms with van der Waals surface area (Å²) in [6, 6.07) is 15.2. The van der Waals surface area contributed by atoms with E-state index in [1.165, 1.54) is 37.3 Å². The van der Waals surface area contributed by atoms with E-state index in [2.05, 4.69) is 22.4 Å². The third-order valence-corrected chi connectivity index (χ3v) is 7.57. The van der Waals surface area contributed by atoms with Gasteiger partial charge in [0, 0.05) is 4.88 Å². The van der Waals surface area contributed by atoms with Crippen LogP contribution < -0.4 is 5.32 Å². The predicted molar refractivity (Wildman–Crippen MR) is 134 cm³/mol. The van der Waals surface area contributed by atoms with Crippen molar-refractivity contribution in [3.8, 4) is 0 Å². The minimum atomic E-state index is -1.11. The number of para-hydroxylation sites is 1. The van der Waals surface area contributed by atoms with Crippen molar-refractivity contribution in [2.75, 3.05) is 12.4 Å². The van der Waals surface area contributed by atoms with Gasteiger partial charge in [-0.2, -0.15) is 0 Å². The number of aromatic nitrogens is 1. The zero-order chi connectivity index (χ0) is 25.2. The van der Waals surface area contributed by atoms with E-state index in [1.54, 1.807) is 18.2 Å². The second-order valence-corrected chi connectivity index (χ2v) is 9.70. The van der Waals surface area contributed by atoms with Crippen LogP contribution in [0.1, 0.15) is 56.0 Å². The predicted octanol–water partition coefficient (Wildman–Crippen LogP) is 5.13. The molecule has 1 N–H and O–H groups in total. The number of carbonyl (C=O) groups is 3. The minimum absolute atomic E-state index is 0.203. The molecular weight excluding hydrogens is 480 g/mol. The molecule has 2 aromatic carbocycles. The Bertz CT molecular complexity index is 1440. The van der Waals surface area contributed by atoms with Crippen LogP contribution >= 0.6 is 11.3 Å². The van der Waals surface area contributed by atoms with Gasteiger partial charge < -0.3 is 19.2 Å². The SMILES string of the molecule is COC(=O)c1c(NC(=O)C(C)OC(=O)c2cccc3ocnc23)sc2c1CCC(c1ccccc1)C2. The number of oxazole rings is 1. The number of rotatable bonds is 6. The van der Waals surface area contributed by atoms with E-state index in [4.69, 9.17) is 13.9 Å². The van der Waals surface area contributed by atoms with Gasteiger partial charge in [0.2, 0.25) is 0 Å². The first-order valence-electron chi connectivity index (χ1n) is 11.6. The molecule has 1 amide bonds. The highest BCUT2D eigenvalue weighted by Crippen LogP contribution is 2.42. The monoisotopic (exact) mass is 504 g/mol. The molecule has 2 aromatic heterocycles. The average Bonchev–Trinajstić information content (AvgIpc) is 3.52. The van der Waals surface area contributed by atoms with Crippen molar-refractivity contribution < 1.29 is 28.3 Å². The van der Waals surface area contributed by atoms with Gasteiger partial charge in [-0.3, -0.25) is 4.79 Å². The molecule has 5 rings (SSSR count). The first-order valence-corrected chi connectivity index (χ1v) is 12.4. The number of hydrogen-bond acceptors (Lipinski definition) is 8. The van der Waals surface area contributed by atoms with Gasteiger partial charge >= 0.3 is 11.9 Å². The molecule has 0 radical (unpaired) electrons. The summed E-state index contributed by atoms with van der Waals surface area (Å²) in [6.45, 7) is 1.48. The fourth-order valence-electron chi connectivity index (χ4n) is 4.54. The van der Waals surface area contributed by atoms with Crippen molar-refractivity contribution in [2.45, 2.75) is 38.2 Å². The Hall–Kier alpha value is -3.98. The lowest BCUT2D eigenvalue weighted by Gasteiger charge is -2.22. The number of carbonyl (C=O) groups excluding carboxylic acids is 3. The van der Waals surface area contributed by atoms with Crippen LogP contribution in [0.15, 0.2) is 59.3 Å². The van der Waals surface area contributed by atoms with Crippen molar-refractivity contribution in [2.24, 2.45) is 0 Å². The summed E-state index contributed by atoms with van der Waals surface area (Å²) >= 11 is 1.37. The van der Waals surface area contributed by atoms with Crippen molar-refractivity contribution in [3.05, 3.63) is 82.1 Å². The zero-order valence-electron chi connectivity index (χ0n) is 19.8. The van der Waals surface area contributed by atoms with Crippen LogP contribution in [0.5, 0.6) is 0 Å². The minimum Gasteiger partial charge on any atom is -0.465 e. The fourth-order valence-corrected chi connectivity index (χ4v) is 5.86. The number of hydrogen-bond donors (Lipinski definition) is 1. The number of nitrogens with one attached hydrogen (secondary N) is 1. The molecule has 2 atom stereocenters. The second kappa shape index (κ2) is 9.94. The normalized spacial score (nSPS) is 15.7. The van der Waals surface area contributed by atoms with E-state index in [9.17, 15) is 14.4 Å². The smallest absolute Gasteiger partial charge is 0.341 e. The zero-order valence-corrected chi connectivity index (χ0v) is 20.6. The van der Waals surface area contributed by atoms with Gasteiger partial charge in [0.15, 0.2) is 18.1 Å². The van der Waals surface area contributed by atoms with E-state index in [1.807, 2.05) is 18.2 Å². The molecular formula is C27H24N2O6S. The van der Waals surface area contributed by atoms with E-state index in [0.717, 1.165) is 23.3 Å². The van der Waals surface area contributed by atoms with Crippen LogP contribution in [-0.4, -0.2) is 36.0 Å². The van der Waals surface area contributed by atoms with Gasteiger partial charge in [0.1, 0.15) is 10.5 Å². The maximum absolute atomic E-state index is 13.0. The highest BCUT2D eigenvalue weighted by Gasteiger charge is 2.32. The summed E-state index contributed by atoms with van der Waals surface area (Å²) in [5, 5.41) is 3.20. The van der Waals surface area contributed by atoms with E-state index in [0.29, 0.717) is 34.0 Å². The molecule has 1 aliphatic carbocycles. The van der Waals surface area contributed by atoms with Crippen LogP contribution in [0.4, 0.5) is 5.00 Å². The topological polar surface area (TPSA) is 108 Å². The molecule has 0 spiro atoms. The largest absolute Gasteiger partial charge is 0.465 e. The van der Waals surface area contributed by atoms with E-state index in [-0.39, 0.29) is 5.56 Å². The summed E-state index contributed by atoms with van der Waals surface area (Å²) < 4.78 is 15.7. The Balaban J connectivity index is 1.34. The van der Waals surface area contributed by atoms with Crippen LogP contribution in [0, 0.1) is 0 Å². The molecule has 0 aliphatic heterocycles. The van der Waals surface area contributed by atoms with Crippen LogP contribution in [0.3, 0.4) is 0 Å². The molecule has 2 unspecified atom stereocenters. The molecule has 8 nitrogen and oxygen atoms in total. The summed E-state index contributed by atoms with van der Waals surface area (Å²) in [6.07, 6.45) is 2.51. The first kappa shape index (κ1) is 23.7. The third kappa shape index (κ3) is 4.49. The average molecular weight is 505 g/mol. The highest BCUT2D eigenvalue weighted by molar-refractivity contribution is 7.17. The molecule has 1 aliphatic rings. The summed E-state index contributed by atoms with van der Waals surface area (Å²) in [7, 11) is 1.32. The number of amides is 1. The van der Waals surface area contributed by atoms with Gasteiger partial charge in [-0.25, -0.2) is 14.6 Å². The maximum Gasteiger partial charge on any atom is 0.341 e. The number of esters is 2. The summed E-state index contributed by atoms with van der Waals surface area (Å²) in [4.78, 5) is 43.5. The molecule has 184 valence electrons.